The van der Waals surface area contributed by atoms with Gasteiger partial charge in [-0.1, -0.05) is 11.7 Å². The van der Waals surface area contributed by atoms with Crippen molar-refractivity contribution in [3.8, 4) is 22.9 Å². The molecule has 0 aliphatic carbocycles. The highest BCUT2D eigenvalue weighted by Gasteiger charge is 2.26. The second kappa shape index (κ2) is 10.1. The van der Waals surface area contributed by atoms with E-state index in [0.717, 1.165) is 24.2 Å². The molecule has 3 heterocycles. The average Bonchev–Trinajstić information content (AvgIpc) is 3.45. The molecular formula is C26H25FN6O3. The number of hydrogen-bond donors (Lipinski definition) is 1. The fourth-order valence-electron chi connectivity index (χ4n) is 4.15. The number of anilines is 1. The van der Waals surface area contributed by atoms with Crippen LogP contribution >= 0.6 is 0 Å². The molecule has 2 N–H and O–H groups in total. The number of rotatable bonds is 7. The maximum Gasteiger partial charge on any atom is 0.280 e. The lowest BCUT2D eigenvalue weighted by Crippen LogP contribution is -2.15. The summed E-state index contributed by atoms with van der Waals surface area (Å²) in [6, 6.07) is 11.2. The smallest absolute Gasteiger partial charge is 0.280 e. The van der Waals surface area contributed by atoms with Crippen LogP contribution in [0.5, 0.6) is 17.2 Å². The Labute approximate surface area is 207 Å². The number of benzene rings is 2. The van der Waals surface area contributed by atoms with E-state index in [1.165, 1.54) is 12.1 Å². The van der Waals surface area contributed by atoms with Gasteiger partial charge in [-0.05, 0) is 37.1 Å². The molecule has 1 aliphatic heterocycles. The van der Waals surface area contributed by atoms with Crippen LogP contribution in [0.15, 0.2) is 55.0 Å². The van der Waals surface area contributed by atoms with E-state index < -0.39 is 5.82 Å². The second-order valence-electron chi connectivity index (χ2n) is 8.54. The molecule has 0 spiro atoms. The summed E-state index contributed by atoms with van der Waals surface area (Å²) in [7, 11) is 1.86. The molecule has 2 aromatic carbocycles. The molecule has 2 aromatic heterocycles. The number of aromatic nitrogens is 4. The van der Waals surface area contributed by atoms with Crippen LogP contribution < -0.4 is 15.2 Å². The largest absolute Gasteiger partial charge is 0.487 e. The number of hydrogen-bond acceptors (Lipinski definition) is 6. The molecule has 10 heteroatoms. The third kappa shape index (κ3) is 4.87. The fourth-order valence-corrected chi connectivity index (χ4v) is 4.15. The fraction of sp³-hybridized carbons (Fsp3) is 0.269. The van der Waals surface area contributed by atoms with Gasteiger partial charge in [-0.2, -0.15) is 4.68 Å². The second-order valence-corrected chi connectivity index (χ2v) is 8.54. The van der Waals surface area contributed by atoms with Gasteiger partial charge in [-0.15, -0.1) is 0 Å². The highest BCUT2D eigenvalue weighted by atomic mass is 19.1. The Balaban J connectivity index is 1.32. The van der Waals surface area contributed by atoms with Crippen LogP contribution in [-0.4, -0.2) is 32.5 Å². The summed E-state index contributed by atoms with van der Waals surface area (Å²) in [6.07, 6.45) is 5.02. The van der Waals surface area contributed by atoms with E-state index in [-0.39, 0.29) is 18.3 Å². The third-order valence-electron chi connectivity index (χ3n) is 6.10. The van der Waals surface area contributed by atoms with Gasteiger partial charge in [0.1, 0.15) is 35.4 Å². The van der Waals surface area contributed by atoms with Crippen LogP contribution in [0.4, 0.5) is 15.9 Å². The first-order valence-electron chi connectivity index (χ1n) is 11.5. The van der Waals surface area contributed by atoms with Crippen LogP contribution in [0.25, 0.3) is 10.5 Å². The van der Waals surface area contributed by atoms with E-state index >= 15 is 0 Å². The van der Waals surface area contributed by atoms with Gasteiger partial charge in [-0.3, -0.25) is 0 Å². The van der Waals surface area contributed by atoms with Gasteiger partial charge >= 0.3 is 0 Å². The van der Waals surface area contributed by atoms with Crippen molar-refractivity contribution in [3.05, 3.63) is 83.6 Å². The van der Waals surface area contributed by atoms with E-state index in [1.807, 2.05) is 11.6 Å². The Morgan fingerprint density at radius 3 is 2.58 bits per heavy atom. The third-order valence-corrected chi connectivity index (χ3v) is 6.10. The Morgan fingerprint density at radius 1 is 1.14 bits per heavy atom. The zero-order valence-electron chi connectivity index (χ0n) is 19.7. The van der Waals surface area contributed by atoms with Gasteiger partial charge in [-0.25, -0.2) is 9.37 Å². The number of nitrogens with two attached hydrogens (primary N) is 1. The Hall–Kier alpha value is -4.36. The van der Waals surface area contributed by atoms with Crippen molar-refractivity contribution in [1.82, 2.24) is 19.3 Å². The van der Waals surface area contributed by atoms with Crippen molar-refractivity contribution in [2.45, 2.75) is 25.4 Å². The lowest BCUT2D eigenvalue weighted by atomic mass is 9.96. The van der Waals surface area contributed by atoms with Crippen molar-refractivity contribution in [1.29, 1.82) is 0 Å². The molecule has 0 bridgehead atoms. The Bertz CT molecular complexity index is 1400. The van der Waals surface area contributed by atoms with Gasteiger partial charge in [0.05, 0.1) is 29.6 Å². The molecule has 0 saturated carbocycles. The number of nitrogen functional groups attached to an aromatic ring is 1. The molecule has 1 saturated heterocycles. The van der Waals surface area contributed by atoms with Crippen molar-refractivity contribution >= 4 is 11.5 Å². The first-order chi connectivity index (χ1) is 17.5. The van der Waals surface area contributed by atoms with E-state index in [2.05, 4.69) is 14.9 Å². The number of ether oxygens (including phenoxy) is 3. The summed E-state index contributed by atoms with van der Waals surface area (Å²) in [5, 5.41) is 4.67. The standard InChI is InChI=1S/C26H25FN6O3/c1-29-26-24(28)25(17-7-9-34-10-8-17)31-33(26)19-3-5-21(6-4-19)36-23-12-18(27)11-22(13-23)35-15-20-14-30-16-32(20)2/h3-6,11-14,16-17H,7-10,15,28H2,2H3. The minimum Gasteiger partial charge on any atom is -0.487 e. The van der Waals surface area contributed by atoms with Crippen LogP contribution in [0.1, 0.15) is 30.1 Å². The van der Waals surface area contributed by atoms with Crippen LogP contribution in [-0.2, 0) is 18.4 Å². The Kier molecular flexibility index (Phi) is 6.56. The molecule has 0 unspecified atom stereocenters. The molecule has 9 nitrogen and oxygen atoms in total. The summed E-state index contributed by atoms with van der Waals surface area (Å²) in [6.45, 7) is 9.18. The molecule has 0 atom stereocenters. The predicted octanol–water partition coefficient (Wildman–Crippen LogP) is 5.14. The zero-order valence-corrected chi connectivity index (χ0v) is 19.7. The SMILES string of the molecule is [C-]#[N+]c1c(N)c(C2CCOCC2)nn1-c1ccc(Oc2cc(F)cc(OCc3cncn3C)c2)cc1. The maximum absolute atomic E-state index is 14.2. The minimum atomic E-state index is -0.474. The first kappa shape index (κ1) is 23.4. The number of nitrogens with zero attached hydrogens (tertiary/aromatic N) is 5. The van der Waals surface area contributed by atoms with E-state index in [1.54, 1.807) is 47.5 Å². The van der Waals surface area contributed by atoms with E-state index in [0.29, 0.717) is 41.8 Å². The van der Waals surface area contributed by atoms with E-state index in [9.17, 15) is 4.39 Å². The summed E-state index contributed by atoms with van der Waals surface area (Å²) in [4.78, 5) is 7.66. The molecule has 184 valence electrons. The normalized spacial score (nSPS) is 13.9. The molecular weight excluding hydrogens is 463 g/mol. The topological polar surface area (TPSA) is 93.7 Å². The van der Waals surface area contributed by atoms with Gasteiger partial charge in [0.15, 0.2) is 0 Å². The quantitative estimate of drug-likeness (QED) is 0.362. The van der Waals surface area contributed by atoms with Gasteiger partial charge < -0.3 is 29.4 Å². The highest BCUT2D eigenvalue weighted by molar-refractivity contribution is 5.69. The highest BCUT2D eigenvalue weighted by Crippen LogP contribution is 2.37. The number of halogens is 1. The summed E-state index contributed by atoms with van der Waals surface area (Å²) in [5.41, 5.74) is 8.98. The molecule has 0 amide bonds. The summed E-state index contributed by atoms with van der Waals surface area (Å²) >= 11 is 0. The number of imidazole rings is 1. The van der Waals surface area contributed by atoms with Crippen LogP contribution in [0.2, 0.25) is 0 Å². The summed E-state index contributed by atoms with van der Waals surface area (Å²) < 4.78 is 34.6. The van der Waals surface area contributed by atoms with Crippen LogP contribution in [0.3, 0.4) is 0 Å². The average molecular weight is 489 g/mol. The van der Waals surface area contributed by atoms with Gasteiger partial charge in [0, 0.05) is 44.4 Å². The maximum atomic E-state index is 14.2. The lowest BCUT2D eigenvalue weighted by Gasteiger charge is -2.20. The molecule has 1 fully saturated rings. The van der Waals surface area contributed by atoms with Gasteiger partial charge in [0.2, 0.25) is 0 Å². The monoisotopic (exact) mass is 488 g/mol. The van der Waals surface area contributed by atoms with Crippen molar-refractivity contribution < 1.29 is 18.6 Å². The van der Waals surface area contributed by atoms with E-state index in [4.69, 9.17) is 26.5 Å². The molecule has 36 heavy (non-hydrogen) atoms. The lowest BCUT2D eigenvalue weighted by molar-refractivity contribution is 0.0845. The van der Waals surface area contributed by atoms with Gasteiger partial charge in [0.25, 0.3) is 5.82 Å². The molecule has 0 radical (unpaired) electrons. The first-order valence-corrected chi connectivity index (χ1v) is 11.5. The Morgan fingerprint density at radius 2 is 1.89 bits per heavy atom. The molecule has 1 aliphatic rings. The zero-order chi connectivity index (χ0) is 25.1. The van der Waals surface area contributed by atoms with Crippen molar-refractivity contribution in [2.75, 3.05) is 18.9 Å². The van der Waals surface area contributed by atoms with Crippen molar-refractivity contribution in [2.24, 2.45) is 7.05 Å². The summed E-state index contributed by atoms with van der Waals surface area (Å²) in [5.74, 6) is 1.12. The molecule has 5 rings (SSSR count). The minimum absolute atomic E-state index is 0.172. The van der Waals surface area contributed by atoms with Crippen molar-refractivity contribution in [3.63, 3.8) is 0 Å². The molecule has 4 aromatic rings. The predicted molar refractivity (Wildman–Crippen MR) is 131 cm³/mol. The number of aryl methyl sites for hydroxylation is 1. The van der Waals surface area contributed by atoms with Crippen LogP contribution in [0, 0.1) is 12.4 Å².